The standard InChI is InChI=1S/C13H15NO2/c1-13(2)6-4-9-10(12(15)14-3)8-16-11(9)5-7-13/h4-8H,1-3H3,(H,14,15). The van der Waals surface area contributed by atoms with E-state index < -0.39 is 0 Å². The predicted molar refractivity (Wildman–Crippen MR) is 63.9 cm³/mol. The van der Waals surface area contributed by atoms with Gasteiger partial charge in [0.2, 0.25) is 0 Å². The summed E-state index contributed by atoms with van der Waals surface area (Å²) >= 11 is 0. The maximum Gasteiger partial charge on any atom is 0.254 e. The molecule has 1 aromatic rings. The van der Waals surface area contributed by atoms with Crippen molar-refractivity contribution in [1.29, 1.82) is 0 Å². The van der Waals surface area contributed by atoms with Crippen molar-refractivity contribution in [2.24, 2.45) is 5.41 Å². The SMILES string of the molecule is CNC(=O)c1coc2c1C=CC(C)(C)C=C2. The fraction of sp³-hybridized carbons (Fsp3) is 0.308. The highest BCUT2D eigenvalue weighted by molar-refractivity contribution is 5.98. The van der Waals surface area contributed by atoms with Gasteiger partial charge in [-0.3, -0.25) is 4.79 Å². The van der Waals surface area contributed by atoms with Gasteiger partial charge in [0.1, 0.15) is 12.0 Å². The van der Waals surface area contributed by atoms with Gasteiger partial charge >= 0.3 is 0 Å². The first kappa shape index (κ1) is 10.7. The largest absolute Gasteiger partial charge is 0.463 e. The van der Waals surface area contributed by atoms with Gasteiger partial charge in [-0.2, -0.15) is 0 Å². The summed E-state index contributed by atoms with van der Waals surface area (Å²) in [4.78, 5) is 11.6. The fourth-order valence-electron chi connectivity index (χ4n) is 1.64. The first-order chi connectivity index (χ1) is 7.53. The van der Waals surface area contributed by atoms with Gasteiger partial charge in [0.25, 0.3) is 5.91 Å². The molecule has 0 fully saturated rings. The van der Waals surface area contributed by atoms with Crippen LogP contribution in [-0.2, 0) is 0 Å². The molecule has 1 aliphatic rings. The Morgan fingerprint density at radius 3 is 2.69 bits per heavy atom. The van der Waals surface area contributed by atoms with Crippen LogP contribution in [0.25, 0.3) is 12.2 Å². The van der Waals surface area contributed by atoms with Crippen LogP contribution in [0.15, 0.2) is 22.8 Å². The Balaban J connectivity index is 2.50. The number of hydrogen-bond donors (Lipinski definition) is 1. The molecule has 0 saturated heterocycles. The number of carbonyl (C=O) groups excluding carboxylic acids is 1. The van der Waals surface area contributed by atoms with Gasteiger partial charge in [-0.05, 0) is 6.08 Å². The lowest BCUT2D eigenvalue weighted by Crippen LogP contribution is -2.17. The Labute approximate surface area is 94.8 Å². The Hall–Kier alpha value is -1.77. The second kappa shape index (κ2) is 3.67. The number of allylic oxidation sites excluding steroid dienone is 2. The average Bonchev–Trinajstić information content (AvgIpc) is 2.59. The Bertz CT molecular complexity index is 478. The van der Waals surface area contributed by atoms with Crippen LogP contribution >= 0.6 is 0 Å². The number of amides is 1. The van der Waals surface area contributed by atoms with E-state index in [9.17, 15) is 4.79 Å². The third kappa shape index (κ3) is 1.81. The minimum atomic E-state index is -0.122. The number of carbonyl (C=O) groups is 1. The van der Waals surface area contributed by atoms with E-state index in [0.717, 1.165) is 11.3 Å². The first-order valence-corrected chi connectivity index (χ1v) is 5.25. The molecule has 2 rings (SSSR count). The van der Waals surface area contributed by atoms with Crippen molar-refractivity contribution in [2.45, 2.75) is 13.8 Å². The second-order valence-electron chi connectivity index (χ2n) is 4.49. The molecule has 0 atom stereocenters. The van der Waals surface area contributed by atoms with Crippen molar-refractivity contribution < 1.29 is 9.21 Å². The Morgan fingerprint density at radius 1 is 1.31 bits per heavy atom. The molecule has 1 amide bonds. The smallest absolute Gasteiger partial charge is 0.254 e. The minimum Gasteiger partial charge on any atom is -0.463 e. The van der Waals surface area contributed by atoms with Gasteiger partial charge in [-0.1, -0.05) is 32.1 Å². The number of fused-ring (bicyclic) bond motifs is 1. The highest BCUT2D eigenvalue weighted by atomic mass is 16.3. The average molecular weight is 217 g/mol. The minimum absolute atomic E-state index is 0.0124. The van der Waals surface area contributed by atoms with E-state index in [1.54, 1.807) is 7.05 Å². The molecule has 0 aromatic carbocycles. The molecule has 0 radical (unpaired) electrons. The van der Waals surface area contributed by atoms with Crippen molar-refractivity contribution in [1.82, 2.24) is 5.32 Å². The van der Waals surface area contributed by atoms with Crippen molar-refractivity contribution in [3.63, 3.8) is 0 Å². The molecule has 3 nitrogen and oxygen atoms in total. The van der Waals surface area contributed by atoms with Crippen molar-refractivity contribution in [3.8, 4) is 0 Å². The number of hydrogen-bond acceptors (Lipinski definition) is 2. The molecule has 0 spiro atoms. The van der Waals surface area contributed by atoms with Crippen molar-refractivity contribution >= 4 is 18.1 Å². The van der Waals surface area contributed by atoms with E-state index >= 15 is 0 Å². The van der Waals surface area contributed by atoms with Crippen molar-refractivity contribution in [2.75, 3.05) is 7.05 Å². The molecular formula is C13H15NO2. The molecule has 1 aliphatic carbocycles. The topological polar surface area (TPSA) is 42.2 Å². The van der Waals surface area contributed by atoms with Crippen LogP contribution in [0, 0.1) is 5.41 Å². The molecule has 1 heterocycles. The predicted octanol–water partition coefficient (Wildman–Crippen LogP) is 2.71. The summed E-state index contributed by atoms with van der Waals surface area (Å²) in [6.45, 7) is 4.21. The quantitative estimate of drug-likeness (QED) is 0.785. The molecule has 0 saturated carbocycles. The zero-order valence-electron chi connectivity index (χ0n) is 9.70. The van der Waals surface area contributed by atoms with Gasteiger partial charge in [0.05, 0.1) is 5.56 Å². The second-order valence-corrected chi connectivity index (χ2v) is 4.49. The van der Waals surface area contributed by atoms with Crippen LogP contribution in [0.2, 0.25) is 0 Å². The third-order valence-corrected chi connectivity index (χ3v) is 2.67. The van der Waals surface area contributed by atoms with Crippen LogP contribution in [0.4, 0.5) is 0 Å². The van der Waals surface area contributed by atoms with Gasteiger partial charge < -0.3 is 9.73 Å². The van der Waals surface area contributed by atoms with Crippen LogP contribution in [0.3, 0.4) is 0 Å². The Morgan fingerprint density at radius 2 is 2.00 bits per heavy atom. The molecular weight excluding hydrogens is 202 g/mol. The van der Waals surface area contributed by atoms with Gasteiger partial charge in [-0.15, -0.1) is 0 Å². The summed E-state index contributed by atoms with van der Waals surface area (Å²) in [5, 5.41) is 2.60. The monoisotopic (exact) mass is 217 g/mol. The van der Waals surface area contributed by atoms with Crippen LogP contribution in [-0.4, -0.2) is 13.0 Å². The summed E-state index contributed by atoms with van der Waals surface area (Å²) in [7, 11) is 1.61. The molecule has 84 valence electrons. The fourth-order valence-corrected chi connectivity index (χ4v) is 1.64. The van der Waals surface area contributed by atoms with Crippen LogP contribution in [0.1, 0.15) is 35.5 Å². The number of rotatable bonds is 1. The lowest BCUT2D eigenvalue weighted by atomic mass is 9.93. The van der Waals surface area contributed by atoms with E-state index in [4.69, 9.17) is 4.42 Å². The summed E-state index contributed by atoms with van der Waals surface area (Å²) in [6, 6.07) is 0. The first-order valence-electron chi connectivity index (χ1n) is 5.25. The molecule has 1 N–H and O–H groups in total. The highest BCUT2D eigenvalue weighted by Gasteiger charge is 2.19. The lowest BCUT2D eigenvalue weighted by Gasteiger charge is -2.12. The maximum absolute atomic E-state index is 11.6. The van der Waals surface area contributed by atoms with Gasteiger partial charge in [0, 0.05) is 18.0 Å². The molecule has 1 aromatic heterocycles. The molecule has 3 heteroatoms. The summed E-state index contributed by atoms with van der Waals surface area (Å²) < 4.78 is 5.38. The summed E-state index contributed by atoms with van der Waals surface area (Å²) in [6.07, 6.45) is 9.49. The number of furan rings is 1. The van der Waals surface area contributed by atoms with Crippen molar-refractivity contribution in [3.05, 3.63) is 35.3 Å². The zero-order valence-corrected chi connectivity index (χ0v) is 9.70. The normalized spacial score (nSPS) is 16.7. The van der Waals surface area contributed by atoms with E-state index in [1.807, 2.05) is 12.2 Å². The molecule has 0 bridgehead atoms. The molecule has 16 heavy (non-hydrogen) atoms. The lowest BCUT2D eigenvalue weighted by molar-refractivity contribution is 0.0962. The van der Waals surface area contributed by atoms with Gasteiger partial charge in [0.15, 0.2) is 0 Å². The molecule has 0 aliphatic heterocycles. The summed E-state index contributed by atoms with van der Waals surface area (Å²) in [5.74, 6) is 0.614. The van der Waals surface area contributed by atoms with E-state index in [0.29, 0.717) is 5.56 Å². The van der Waals surface area contributed by atoms with E-state index in [2.05, 4.69) is 31.3 Å². The summed E-state index contributed by atoms with van der Waals surface area (Å²) in [5.41, 5.74) is 1.42. The highest BCUT2D eigenvalue weighted by Crippen LogP contribution is 2.30. The number of nitrogens with one attached hydrogen (secondary N) is 1. The van der Waals surface area contributed by atoms with Crippen LogP contribution < -0.4 is 5.32 Å². The Kier molecular flexibility index (Phi) is 2.46. The molecule has 0 unspecified atom stereocenters. The zero-order chi connectivity index (χ0) is 11.8. The maximum atomic E-state index is 11.6. The van der Waals surface area contributed by atoms with E-state index in [1.165, 1.54) is 6.26 Å². The van der Waals surface area contributed by atoms with E-state index in [-0.39, 0.29) is 11.3 Å². The third-order valence-electron chi connectivity index (χ3n) is 2.67. The van der Waals surface area contributed by atoms with Crippen LogP contribution in [0.5, 0.6) is 0 Å². The van der Waals surface area contributed by atoms with Gasteiger partial charge in [-0.25, -0.2) is 0 Å².